The molecule has 7 aromatic carbocycles. The largest absolute Gasteiger partial charge is 0.456 e. The van der Waals surface area contributed by atoms with Crippen molar-refractivity contribution in [1.29, 1.82) is 0 Å². The Bertz CT molecular complexity index is 2680. The molecule has 0 amide bonds. The van der Waals surface area contributed by atoms with Crippen LogP contribution < -0.4 is 0 Å². The quantitative estimate of drug-likeness (QED) is 0.187. The summed E-state index contributed by atoms with van der Waals surface area (Å²) < 4.78 is 12.9. The van der Waals surface area contributed by atoms with Crippen LogP contribution in [0.3, 0.4) is 0 Å². The first kappa shape index (κ1) is 28.2. The standard InChI is InChI=1S/C45H27N3O2/c1-4-14-28(15-5-1)35-24-31(26-39-41(35)33-20-10-12-22-37(33)49-39)44-46-43(30-18-8-3-9-19-30)47-45(48-44)32-25-36(29-16-6-2-7-17-29)42-34-21-11-13-23-38(34)50-40(42)27-32/h1-27H. The summed E-state index contributed by atoms with van der Waals surface area (Å²) in [7, 11) is 0. The first-order chi connectivity index (χ1) is 24.8. The predicted molar refractivity (Wildman–Crippen MR) is 202 cm³/mol. The second kappa shape index (κ2) is 11.4. The van der Waals surface area contributed by atoms with E-state index in [1.54, 1.807) is 0 Å². The molecule has 0 aliphatic rings. The molecule has 0 aliphatic carbocycles. The Labute approximate surface area is 287 Å². The van der Waals surface area contributed by atoms with Gasteiger partial charge in [-0.25, -0.2) is 15.0 Å². The van der Waals surface area contributed by atoms with Crippen molar-refractivity contribution < 1.29 is 8.83 Å². The molecule has 5 heteroatoms. The SMILES string of the molecule is c1ccc(-c2nc(-c3cc(-c4ccccc4)c4c(c3)oc3ccccc34)nc(-c3cc(-c4ccccc4)c4c(c3)oc3ccccc34)n2)cc1. The Hall–Kier alpha value is -6.85. The fourth-order valence-electron chi connectivity index (χ4n) is 7.01. The number of rotatable bonds is 5. The maximum atomic E-state index is 6.46. The highest BCUT2D eigenvalue weighted by atomic mass is 16.3. The van der Waals surface area contributed by atoms with Crippen molar-refractivity contribution in [3.63, 3.8) is 0 Å². The van der Waals surface area contributed by atoms with E-state index in [-0.39, 0.29) is 0 Å². The van der Waals surface area contributed by atoms with E-state index < -0.39 is 0 Å². The van der Waals surface area contributed by atoms with Crippen molar-refractivity contribution >= 4 is 43.9 Å². The lowest BCUT2D eigenvalue weighted by Gasteiger charge is -2.12. The minimum absolute atomic E-state index is 0.555. The number of furan rings is 2. The molecular formula is C45H27N3O2. The lowest BCUT2D eigenvalue weighted by Crippen LogP contribution is -2.00. The zero-order chi connectivity index (χ0) is 33.0. The second-order valence-electron chi connectivity index (χ2n) is 12.4. The molecule has 10 aromatic rings. The zero-order valence-corrected chi connectivity index (χ0v) is 26.7. The first-order valence-corrected chi connectivity index (χ1v) is 16.6. The van der Waals surface area contributed by atoms with Crippen LogP contribution in [0.1, 0.15) is 0 Å². The van der Waals surface area contributed by atoms with E-state index in [2.05, 4.69) is 72.8 Å². The summed E-state index contributed by atoms with van der Waals surface area (Å²) in [6.07, 6.45) is 0. The monoisotopic (exact) mass is 641 g/mol. The summed E-state index contributed by atoms with van der Waals surface area (Å²) in [5.74, 6) is 1.70. The fourth-order valence-corrected chi connectivity index (χ4v) is 7.01. The van der Waals surface area contributed by atoms with Crippen LogP contribution in [0.4, 0.5) is 0 Å². The molecule has 0 saturated carbocycles. The normalized spacial score (nSPS) is 11.6. The number of fused-ring (bicyclic) bond motifs is 6. The van der Waals surface area contributed by atoms with Gasteiger partial charge in [0.05, 0.1) is 0 Å². The van der Waals surface area contributed by atoms with Gasteiger partial charge in [0.25, 0.3) is 0 Å². The van der Waals surface area contributed by atoms with Gasteiger partial charge in [0.15, 0.2) is 17.5 Å². The van der Waals surface area contributed by atoms with Crippen LogP contribution in [0.5, 0.6) is 0 Å². The van der Waals surface area contributed by atoms with Gasteiger partial charge in [-0.05, 0) is 58.7 Å². The third-order valence-corrected chi connectivity index (χ3v) is 9.31. The molecular weight excluding hydrogens is 615 g/mol. The number of para-hydroxylation sites is 2. The molecule has 0 fully saturated rings. The molecule has 234 valence electrons. The molecule has 0 spiro atoms. The van der Waals surface area contributed by atoms with Crippen LogP contribution in [0, 0.1) is 0 Å². The van der Waals surface area contributed by atoms with Crippen molar-refractivity contribution in [1.82, 2.24) is 15.0 Å². The molecule has 3 heterocycles. The van der Waals surface area contributed by atoms with Gasteiger partial charge in [0, 0.05) is 38.2 Å². The van der Waals surface area contributed by atoms with Crippen molar-refractivity contribution in [3.05, 3.63) is 164 Å². The minimum Gasteiger partial charge on any atom is -0.456 e. The van der Waals surface area contributed by atoms with Gasteiger partial charge in [-0.1, -0.05) is 127 Å². The van der Waals surface area contributed by atoms with E-state index >= 15 is 0 Å². The van der Waals surface area contributed by atoms with Crippen molar-refractivity contribution in [2.45, 2.75) is 0 Å². The third kappa shape index (κ3) is 4.67. The number of nitrogens with zero attached hydrogens (tertiary/aromatic N) is 3. The summed E-state index contributed by atoms with van der Waals surface area (Å²) >= 11 is 0. The molecule has 5 nitrogen and oxygen atoms in total. The molecule has 0 aliphatic heterocycles. The van der Waals surface area contributed by atoms with Gasteiger partial charge in [0.2, 0.25) is 0 Å². The average molecular weight is 642 g/mol. The Morgan fingerprint density at radius 3 is 1.10 bits per heavy atom. The van der Waals surface area contributed by atoms with Crippen molar-refractivity contribution in [2.75, 3.05) is 0 Å². The van der Waals surface area contributed by atoms with Crippen molar-refractivity contribution in [3.8, 4) is 56.4 Å². The van der Waals surface area contributed by atoms with Gasteiger partial charge in [0.1, 0.15) is 22.3 Å². The van der Waals surface area contributed by atoms with E-state index in [9.17, 15) is 0 Å². The highest BCUT2D eigenvalue weighted by Gasteiger charge is 2.20. The van der Waals surface area contributed by atoms with E-state index in [0.717, 1.165) is 82.8 Å². The maximum absolute atomic E-state index is 6.46. The van der Waals surface area contributed by atoms with Gasteiger partial charge >= 0.3 is 0 Å². The van der Waals surface area contributed by atoms with Gasteiger partial charge in [-0.15, -0.1) is 0 Å². The molecule has 0 bridgehead atoms. The first-order valence-electron chi connectivity index (χ1n) is 16.6. The van der Waals surface area contributed by atoms with E-state index in [4.69, 9.17) is 23.8 Å². The summed E-state index contributed by atoms with van der Waals surface area (Å²) in [6.45, 7) is 0. The Morgan fingerprint density at radius 2 is 0.660 bits per heavy atom. The van der Waals surface area contributed by atoms with E-state index in [0.29, 0.717) is 17.5 Å². The van der Waals surface area contributed by atoms with Crippen LogP contribution in [-0.2, 0) is 0 Å². The van der Waals surface area contributed by atoms with Crippen LogP contribution >= 0.6 is 0 Å². The third-order valence-electron chi connectivity index (χ3n) is 9.31. The van der Waals surface area contributed by atoms with Gasteiger partial charge in [-0.3, -0.25) is 0 Å². The molecule has 50 heavy (non-hydrogen) atoms. The molecule has 0 radical (unpaired) electrons. The molecule has 0 saturated heterocycles. The summed E-state index contributed by atoms with van der Waals surface area (Å²) in [6, 6.07) is 55.6. The van der Waals surface area contributed by atoms with Gasteiger partial charge in [-0.2, -0.15) is 0 Å². The van der Waals surface area contributed by atoms with Crippen LogP contribution in [0.15, 0.2) is 173 Å². The topological polar surface area (TPSA) is 65.0 Å². The van der Waals surface area contributed by atoms with E-state index in [1.807, 2.05) is 91.0 Å². The van der Waals surface area contributed by atoms with E-state index in [1.165, 1.54) is 0 Å². The molecule has 0 unspecified atom stereocenters. The molecule has 10 rings (SSSR count). The molecule has 0 N–H and O–H groups in total. The number of benzene rings is 7. The van der Waals surface area contributed by atoms with Crippen LogP contribution in [0.25, 0.3) is 100 Å². The average Bonchev–Trinajstić information content (AvgIpc) is 3.76. The number of hydrogen-bond donors (Lipinski definition) is 0. The lowest BCUT2D eigenvalue weighted by atomic mass is 9.96. The summed E-state index contributed by atoms with van der Waals surface area (Å²) in [5.41, 5.74) is 10.1. The number of aromatic nitrogens is 3. The smallest absolute Gasteiger partial charge is 0.164 e. The summed E-state index contributed by atoms with van der Waals surface area (Å²) in [4.78, 5) is 15.4. The van der Waals surface area contributed by atoms with Crippen LogP contribution in [-0.4, -0.2) is 15.0 Å². The Balaban J connectivity index is 1.25. The molecule has 3 aromatic heterocycles. The van der Waals surface area contributed by atoms with Crippen molar-refractivity contribution in [2.24, 2.45) is 0 Å². The molecule has 0 atom stereocenters. The maximum Gasteiger partial charge on any atom is 0.164 e. The lowest BCUT2D eigenvalue weighted by molar-refractivity contribution is 0.669. The van der Waals surface area contributed by atoms with Crippen LogP contribution in [0.2, 0.25) is 0 Å². The Kier molecular flexibility index (Phi) is 6.42. The zero-order valence-electron chi connectivity index (χ0n) is 26.7. The summed E-state index contributed by atoms with van der Waals surface area (Å²) in [5, 5.41) is 4.27. The highest BCUT2D eigenvalue weighted by Crippen LogP contribution is 2.42. The highest BCUT2D eigenvalue weighted by molar-refractivity contribution is 6.14. The second-order valence-corrected chi connectivity index (χ2v) is 12.4. The van der Waals surface area contributed by atoms with Gasteiger partial charge < -0.3 is 8.83 Å². The fraction of sp³-hybridized carbons (Fsp3) is 0. The number of hydrogen-bond acceptors (Lipinski definition) is 5. The Morgan fingerprint density at radius 1 is 0.300 bits per heavy atom. The predicted octanol–water partition coefficient (Wildman–Crippen LogP) is 12.0. The minimum atomic E-state index is 0.555.